The van der Waals surface area contributed by atoms with Crippen molar-refractivity contribution in [2.75, 3.05) is 18.5 Å². The number of hydrogen-bond donors (Lipinski definition) is 2. The van der Waals surface area contributed by atoms with Crippen molar-refractivity contribution in [1.82, 2.24) is 5.32 Å². The summed E-state index contributed by atoms with van der Waals surface area (Å²) in [6.45, 7) is 7.20. The van der Waals surface area contributed by atoms with Crippen molar-refractivity contribution in [3.05, 3.63) is 24.3 Å². The van der Waals surface area contributed by atoms with E-state index >= 15 is 0 Å². The Morgan fingerprint density at radius 2 is 2.05 bits per heavy atom. The second kappa shape index (κ2) is 8.22. The molecule has 0 radical (unpaired) electrons. The summed E-state index contributed by atoms with van der Waals surface area (Å²) in [5, 5.41) is 6.05. The molecule has 0 bridgehead atoms. The minimum atomic E-state index is -0.310. The van der Waals surface area contributed by atoms with E-state index in [0.29, 0.717) is 13.2 Å². The van der Waals surface area contributed by atoms with Crippen LogP contribution < -0.4 is 15.4 Å². The zero-order chi connectivity index (χ0) is 14.5. The van der Waals surface area contributed by atoms with Crippen molar-refractivity contribution in [2.24, 2.45) is 0 Å². The van der Waals surface area contributed by atoms with Gasteiger partial charge in [-0.1, -0.05) is 0 Å². The number of halogens is 1. The number of amides is 1. The van der Waals surface area contributed by atoms with Gasteiger partial charge >= 0.3 is 0 Å². The number of nitrogens with one attached hydrogen (secondary N) is 2. The molecule has 0 spiro atoms. The summed E-state index contributed by atoms with van der Waals surface area (Å²) in [5.41, 5.74) is 0.755. The number of rotatable bonds is 4. The van der Waals surface area contributed by atoms with Crippen LogP contribution in [0.25, 0.3) is 0 Å². The highest BCUT2D eigenvalue weighted by molar-refractivity contribution is 5.95. The van der Waals surface area contributed by atoms with Crippen LogP contribution in [0.5, 0.6) is 5.75 Å². The van der Waals surface area contributed by atoms with E-state index in [4.69, 9.17) is 9.47 Å². The van der Waals surface area contributed by atoms with Gasteiger partial charge in [-0.05, 0) is 45.0 Å². The molecule has 0 aromatic heterocycles. The third-order valence-corrected chi connectivity index (χ3v) is 3.09. The van der Waals surface area contributed by atoms with Crippen LogP contribution >= 0.6 is 12.4 Å². The Balaban J connectivity index is 0.00000220. The average Bonchev–Trinajstić information content (AvgIpc) is 2.41. The van der Waals surface area contributed by atoms with Crippen LogP contribution in [0.15, 0.2) is 24.3 Å². The maximum Gasteiger partial charge on any atom is 0.244 e. The minimum Gasteiger partial charge on any atom is -0.491 e. The van der Waals surface area contributed by atoms with E-state index in [1.165, 1.54) is 0 Å². The van der Waals surface area contributed by atoms with Crippen LogP contribution in [0.2, 0.25) is 0 Å². The number of ether oxygens (including phenoxy) is 2. The first-order valence-electron chi connectivity index (χ1n) is 6.99. The van der Waals surface area contributed by atoms with Gasteiger partial charge < -0.3 is 20.1 Å². The molecule has 1 aromatic rings. The highest BCUT2D eigenvalue weighted by Crippen LogP contribution is 2.17. The van der Waals surface area contributed by atoms with E-state index in [9.17, 15) is 4.79 Å². The average molecular weight is 315 g/mol. The second-order valence-electron chi connectivity index (χ2n) is 5.19. The molecule has 1 amide bonds. The largest absolute Gasteiger partial charge is 0.491 e. The molecule has 1 aliphatic rings. The van der Waals surface area contributed by atoms with Crippen molar-refractivity contribution >= 4 is 24.0 Å². The molecule has 0 unspecified atom stereocenters. The number of hydrogen-bond acceptors (Lipinski definition) is 4. The molecule has 21 heavy (non-hydrogen) atoms. The Morgan fingerprint density at radius 3 is 2.62 bits per heavy atom. The maximum absolute atomic E-state index is 12.2. The summed E-state index contributed by atoms with van der Waals surface area (Å²) in [6.07, 6.45) is 0.0205. The molecule has 118 valence electrons. The topological polar surface area (TPSA) is 59.6 Å². The summed E-state index contributed by atoms with van der Waals surface area (Å²) >= 11 is 0. The lowest BCUT2D eigenvalue weighted by atomic mass is 10.1. The van der Waals surface area contributed by atoms with Crippen LogP contribution in [0.1, 0.15) is 20.8 Å². The summed E-state index contributed by atoms with van der Waals surface area (Å²) in [5.74, 6) is 0.722. The predicted molar refractivity (Wildman–Crippen MR) is 85.3 cm³/mol. The Morgan fingerprint density at radius 1 is 1.38 bits per heavy atom. The summed E-state index contributed by atoms with van der Waals surface area (Å²) in [7, 11) is 0. The van der Waals surface area contributed by atoms with Crippen molar-refractivity contribution < 1.29 is 14.3 Å². The van der Waals surface area contributed by atoms with E-state index in [0.717, 1.165) is 11.4 Å². The Bertz CT molecular complexity index is 451. The van der Waals surface area contributed by atoms with Gasteiger partial charge in [0.2, 0.25) is 5.91 Å². The van der Waals surface area contributed by atoms with Gasteiger partial charge in [0.05, 0.1) is 18.8 Å². The summed E-state index contributed by atoms with van der Waals surface area (Å²) in [6, 6.07) is 7.07. The number of carbonyl (C=O) groups excluding carboxylic acids is 1. The zero-order valence-electron chi connectivity index (χ0n) is 12.6. The lowest BCUT2D eigenvalue weighted by molar-refractivity contribution is -0.123. The fraction of sp³-hybridized carbons (Fsp3) is 0.533. The number of anilines is 1. The van der Waals surface area contributed by atoms with E-state index < -0.39 is 0 Å². The molecule has 2 atom stereocenters. The fourth-order valence-electron chi connectivity index (χ4n) is 2.14. The highest BCUT2D eigenvalue weighted by atomic mass is 35.5. The van der Waals surface area contributed by atoms with Crippen LogP contribution in [0, 0.1) is 0 Å². The third-order valence-electron chi connectivity index (χ3n) is 3.09. The van der Waals surface area contributed by atoms with Gasteiger partial charge in [-0.2, -0.15) is 0 Å². The number of benzene rings is 1. The van der Waals surface area contributed by atoms with Crippen molar-refractivity contribution in [1.29, 1.82) is 0 Å². The molecular formula is C15H23ClN2O3. The lowest BCUT2D eigenvalue weighted by Crippen LogP contribution is -2.53. The quantitative estimate of drug-likeness (QED) is 0.894. The fourth-order valence-corrected chi connectivity index (χ4v) is 2.14. The molecule has 0 aliphatic carbocycles. The van der Waals surface area contributed by atoms with Crippen LogP contribution in [-0.2, 0) is 9.53 Å². The van der Waals surface area contributed by atoms with E-state index in [2.05, 4.69) is 10.6 Å². The van der Waals surface area contributed by atoms with Gasteiger partial charge in [0.25, 0.3) is 0 Å². The monoisotopic (exact) mass is 314 g/mol. The highest BCUT2D eigenvalue weighted by Gasteiger charge is 2.28. The SMILES string of the molecule is CC(C)Oc1ccc(NC(=O)[C@H]2NCCO[C@@H]2C)cc1.Cl. The standard InChI is InChI=1S/C15H22N2O3.ClH/c1-10(2)20-13-6-4-12(5-7-13)17-15(18)14-11(3)19-9-8-16-14;/h4-7,10-11,14,16H,8-9H2,1-3H3,(H,17,18);1H/t11-,14+;/m1./s1. The van der Waals surface area contributed by atoms with E-state index in [1.807, 2.05) is 45.0 Å². The molecular weight excluding hydrogens is 292 g/mol. The molecule has 2 rings (SSSR count). The molecule has 1 heterocycles. The van der Waals surface area contributed by atoms with Gasteiger partial charge in [0, 0.05) is 12.2 Å². The van der Waals surface area contributed by atoms with Gasteiger partial charge in [-0.25, -0.2) is 0 Å². The minimum absolute atomic E-state index is 0. The summed E-state index contributed by atoms with van der Waals surface area (Å²) in [4.78, 5) is 12.2. The van der Waals surface area contributed by atoms with Crippen molar-refractivity contribution in [3.63, 3.8) is 0 Å². The smallest absolute Gasteiger partial charge is 0.244 e. The van der Waals surface area contributed by atoms with Crippen molar-refractivity contribution in [2.45, 2.75) is 39.0 Å². The van der Waals surface area contributed by atoms with Gasteiger partial charge in [-0.15, -0.1) is 12.4 Å². The van der Waals surface area contributed by atoms with Gasteiger partial charge in [0.1, 0.15) is 11.8 Å². The van der Waals surface area contributed by atoms with Crippen LogP contribution in [0.3, 0.4) is 0 Å². The Hall–Kier alpha value is -1.30. The molecule has 2 N–H and O–H groups in total. The summed E-state index contributed by atoms with van der Waals surface area (Å²) < 4.78 is 11.0. The molecule has 1 saturated heterocycles. The predicted octanol–water partition coefficient (Wildman–Crippen LogP) is 2.21. The van der Waals surface area contributed by atoms with Gasteiger partial charge in [0.15, 0.2) is 0 Å². The first-order valence-corrected chi connectivity index (χ1v) is 6.99. The molecule has 6 heteroatoms. The second-order valence-corrected chi connectivity index (χ2v) is 5.19. The lowest BCUT2D eigenvalue weighted by Gasteiger charge is -2.29. The first-order chi connectivity index (χ1) is 9.56. The molecule has 0 saturated carbocycles. The molecule has 1 fully saturated rings. The van der Waals surface area contributed by atoms with Crippen LogP contribution in [0.4, 0.5) is 5.69 Å². The van der Waals surface area contributed by atoms with E-state index in [-0.39, 0.29) is 36.6 Å². The zero-order valence-corrected chi connectivity index (χ0v) is 13.4. The van der Waals surface area contributed by atoms with Gasteiger partial charge in [-0.3, -0.25) is 4.79 Å². The first kappa shape index (κ1) is 17.8. The Kier molecular flexibility index (Phi) is 6.95. The number of morpholine rings is 1. The number of carbonyl (C=O) groups is 1. The van der Waals surface area contributed by atoms with E-state index in [1.54, 1.807) is 0 Å². The third kappa shape index (κ3) is 5.19. The van der Waals surface area contributed by atoms with Crippen molar-refractivity contribution in [3.8, 4) is 5.75 Å². The molecule has 1 aliphatic heterocycles. The van der Waals surface area contributed by atoms with Crippen LogP contribution in [-0.4, -0.2) is 37.3 Å². The maximum atomic E-state index is 12.2. The normalized spacial score (nSPS) is 21.5. The molecule has 1 aromatic carbocycles. The Labute approximate surface area is 131 Å². The molecule has 5 nitrogen and oxygen atoms in total.